The van der Waals surface area contributed by atoms with Crippen molar-refractivity contribution in [1.82, 2.24) is 25.3 Å². The molecule has 0 amide bonds. The van der Waals surface area contributed by atoms with Gasteiger partial charge in [-0.1, -0.05) is 12.1 Å². The predicted molar refractivity (Wildman–Crippen MR) is 115 cm³/mol. The minimum absolute atomic E-state index is 0. The zero-order valence-corrected chi connectivity index (χ0v) is 18.5. The Kier molecular flexibility index (Phi) is 8.79. The van der Waals surface area contributed by atoms with Gasteiger partial charge in [-0.05, 0) is 6.42 Å². The Bertz CT molecular complexity index is 667. The highest BCUT2D eigenvalue weighted by atomic mass is 127. The highest BCUT2D eigenvalue weighted by Crippen LogP contribution is 2.13. The highest BCUT2D eigenvalue weighted by Gasteiger charge is 2.20. The zero-order chi connectivity index (χ0) is 17.5. The lowest BCUT2D eigenvalue weighted by atomic mass is 10.3. The van der Waals surface area contributed by atoms with Crippen molar-refractivity contribution in [1.29, 1.82) is 0 Å². The quantitative estimate of drug-likeness (QED) is 0.381. The molecule has 0 unspecified atom stereocenters. The number of hydrogen-bond donors (Lipinski definition) is 1. The topological polar surface area (TPSA) is 69.8 Å². The van der Waals surface area contributed by atoms with Crippen LogP contribution in [0.15, 0.2) is 28.0 Å². The molecule has 3 rings (SSSR count). The van der Waals surface area contributed by atoms with Crippen molar-refractivity contribution in [3.63, 3.8) is 0 Å². The van der Waals surface area contributed by atoms with E-state index in [1.54, 1.807) is 17.6 Å². The summed E-state index contributed by atoms with van der Waals surface area (Å²) in [6.45, 7) is 7.81. The zero-order valence-electron chi connectivity index (χ0n) is 15.3. The van der Waals surface area contributed by atoms with Crippen LogP contribution in [0.2, 0.25) is 0 Å². The summed E-state index contributed by atoms with van der Waals surface area (Å²) in [7, 11) is 1.85. The van der Waals surface area contributed by atoms with Crippen LogP contribution in [0.3, 0.4) is 0 Å². The maximum absolute atomic E-state index is 4.90. The van der Waals surface area contributed by atoms with Crippen LogP contribution in [-0.2, 0) is 19.4 Å². The summed E-state index contributed by atoms with van der Waals surface area (Å²) in [5.41, 5.74) is 0.992. The van der Waals surface area contributed by atoms with Gasteiger partial charge in [-0.3, -0.25) is 9.89 Å². The third kappa shape index (κ3) is 5.92. The molecule has 0 saturated carbocycles. The molecule has 1 N–H and O–H groups in total. The third-order valence-corrected chi connectivity index (χ3v) is 5.53. The fraction of sp³-hybridized carbons (Fsp3) is 0.588. The summed E-state index contributed by atoms with van der Waals surface area (Å²) in [4.78, 5) is 15.0. The smallest absolute Gasteiger partial charge is 0.193 e. The molecule has 1 aliphatic rings. The van der Waals surface area contributed by atoms with Crippen LogP contribution >= 0.6 is 35.3 Å². The molecule has 2 aromatic heterocycles. The lowest BCUT2D eigenvalue weighted by Gasteiger charge is -2.36. The summed E-state index contributed by atoms with van der Waals surface area (Å²) in [6.07, 6.45) is 5.62. The van der Waals surface area contributed by atoms with Gasteiger partial charge in [-0.15, -0.1) is 35.3 Å². The summed E-state index contributed by atoms with van der Waals surface area (Å²) >= 11 is 1.80. The SMILES string of the molecule is CCc1cnc(CCNC(=NC)N2CCN(Cc3ccon3)CC2)s1.I. The highest BCUT2D eigenvalue weighted by molar-refractivity contribution is 14.0. The van der Waals surface area contributed by atoms with Gasteiger partial charge in [0.2, 0.25) is 0 Å². The molecular weight excluding hydrogens is 463 g/mol. The van der Waals surface area contributed by atoms with Crippen LogP contribution in [0.25, 0.3) is 0 Å². The number of hydrogen-bond acceptors (Lipinski definition) is 6. The number of guanidine groups is 1. The van der Waals surface area contributed by atoms with E-state index >= 15 is 0 Å². The van der Waals surface area contributed by atoms with Gasteiger partial charge in [0, 0.05) is 69.9 Å². The molecule has 1 fully saturated rings. The van der Waals surface area contributed by atoms with Crippen LogP contribution in [0.5, 0.6) is 0 Å². The second-order valence-electron chi connectivity index (χ2n) is 6.05. The summed E-state index contributed by atoms with van der Waals surface area (Å²) in [5, 5.41) is 8.65. The number of halogens is 1. The van der Waals surface area contributed by atoms with Crippen LogP contribution in [0, 0.1) is 0 Å². The fourth-order valence-electron chi connectivity index (χ4n) is 2.91. The van der Waals surface area contributed by atoms with E-state index in [1.165, 1.54) is 9.88 Å². The number of thiazole rings is 1. The second kappa shape index (κ2) is 10.8. The maximum atomic E-state index is 4.90. The van der Waals surface area contributed by atoms with Gasteiger partial charge < -0.3 is 14.7 Å². The number of nitrogens with one attached hydrogen (secondary N) is 1. The lowest BCUT2D eigenvalue weighted by molar-refractivity contribution is 0.169. The number of aryl methyl sites for hydroxylation is 1. The van der Waals surface area contributed by atoms with E-state index in [4.69, 9.17) is 4.52 Å². The Hall–Kier alpha value is -1.20. The molecule has 0 bridgehead atoms. The number of rotatable bonds is 6. The number of piperazine rings is 1. The minimum Gasteiger partial charge on any atom is -0.364 e. The van der Waals surface area contributed by atoms with Crippen molar-refractivity contribution < 1.29 is 4.52 Å². The van der Waals surface area contributed by atoms with E-state index in [9.17, 15) is 0 Å². The first-order chi connectivity index (χ1) is 12.3. The number of aromatic nitrogens is 2. The molecular formula is C17H27IN6OS. The summed E-state index contributed by atoms with van der Waals surface area (Å²) < 4.78 is 4.90. The van der Waals surface area contributed by atoms with E-state index < -0.39 is 0 Å². The first-order valence-electron chi connectivity index (χ1n) is 8.79. The lowest BCUT2D eigenvalue weighted by Crippen LogP contribution is -2.52. The van der Waals surface area contributed by atoms with Crippen molar-refractivity contribution in [3.8, 4) is 0 Å². The molecule has 9 heteroatoms. The average molecular weight is 490 g/mol. The maximum Gasteiger partial charge on any atom is 0.193 e. The molecule has 144 valence electrons. The standard InChI is InChI=1S/C17H26N6OS.HI/c1-3-15-12-20-16(25-15)4-6-19-17(18-2)23-9-7-22(8-10-23)13-14-5-11-24-21-14;/h5,11-12H,3-4,6-10,13H2,1-2H3,(H,18,19);1H. The average Bonchev–Trinajstić information content (AvgIpc) is 3.31. The molecule has 7 nitrogen and oxygen atoms in total. The summed E-state index contributed by atoms with van der Waals surface area (Å²) in [6, 6.07) is 1.93. The molecule has 2 aromatic rings. The monoisotopic (exact) mass is 490 g/mol. The second-order valence-corrected chi connectivity index (χ2v) is 7.25. The molecule has 0 aliphatic carbocycles. The van der Waals surface area contributed by atoms with Gasteiger partial charge in [0.15, 0.2) is 5.96 Å². The van der Waals surface area contributed by atoms with E-state index in [0.29, 0.717) is 0 Å². The van der Waals surface area contributed by atoms with E-state index in [1.807, 2.05) is 19.3 Å². The van der Waals surface area contributed by atoms with Crippen molar-refractivity contribution in [2.24, 2.45) is 4.99 Å². The molecule has 26 heavy (non-hydrogen) atoms. The molecule has 3 heterocycles. The van der Waals surface area contributed by atoms with E-state index in [-0.39, 0.29) is 24.0 Å². The van der Waals surface area contributed by atoms with Gasteiger partial charge in [0.05, 0.1) is 10.7 Å². The third-order valence-electron chi connectivity index (χ3n) is 4.33. The Balaban J connectivity index is 0.00000243. The van der Waals surface area contributed by atoms with E-state index in [2.05, 4.69) is 37.2 Å². The van der Waals surface area contributed by atoms with Crippen molar-refractivity contribution in [2.75, 3.05) is 39.8 Å². The Labute approximate surface area is 175 Å². The van der Waals surface area contributed by atoms with Crippen molar-refractivity contribution in [2.45, 2.75) is 26.3 Å². The van der Waals surface area contributed by atoms with Gasteiger partial charge in [-0.25, -0.2) is 4.98 Å². The molecule has 0 spiro atoms. The molecule has 0 radical (unpaired) electrons. The van der Waals surface area contributed by atoms with Gasteiger partial charge in [0.1, 0.15) is 6.26 Å². The Morgan fingerprint density at radius 2 is 2.15 bits per heavy atom. The Morgan fingerprint density at radius 1 is 1.35 bits per heavy atom. The fourth-order valence-corrected chi connectivity index (χ4v) is 3.77. The first-order valence-corrected chi connectivity index (χ1v) is 9.61. The van der Waals surface area contributed by atoms with Crippen LogP contribution in [0.4, 0.5) is 0 Å². The molecule has 0 atom stereocenters. The van der Waals surface area contributed by atoms with Crippen LogP contribution < -0.4 is 5.32 Å². The van der Waals surface area contributed by atoms with Gasteiger partial charge >= 0.3 is 0 Å². The van der Waals surface area contributed by atoms with E-state index in [0.717, 1.165) is 63.8 Å². The molecule has 1 aliphatic heterocycles. The summed E-state index contributed by atoms with van der Waals surface area (Å²) in [5.74, 6) is 0.980. The largest absolute Gasteiger partial charge is 0.364 e. The normalized spacial score (nSPS) is 15.8. The van der Waals surface area contributed by atoms with Gasteiger partial charge in [0.25, 0.3) is 0 Å². The number of nitrogens with zero attached hydrogens (tertiary/aromatic N) is 5. The van der Waals surface area contributed by atoms with Gasteiger partial charge in [-0.2, -0.15) is 0 Å². The van der Waals surface area contributed by atoms with Crippen LogP contribution in [-0.4, -0.2) is 65.7 Å². The number of aliphatic imine (C=N–C) groups is 1. The Morgan fingerprint density at radius 3 is 2.77 bits per heavy atom. The molecule has 0 aromatic carbocycles. The first kappa shape index (κ1) is 21.1. The molecule has 1 saturated heterocycles. The predicted octanol–water partition coefficient (Wildman–Crippen LogP) is 2.25. The van der Waals surface area contributed by atoms with Crippen LogP contribution in [0.1, 0.15) is 22.5 Å². The van der Waals surface area contributed by atoms with Crippen molar-refractivity contribution in [3.05, 3.63) is 34.1 Å². The van der Waals surface area contributed by atoms with Crippen molar-refractivity contribution >= 4 is 41.3 Å². The minimum atomic E-state index is 0.